The first-order valence-electron chi connectivity index (χ1n) is 5.32. The molecule has 0 unspecified atom stereocenters. The minimum atomic E-state index is 0.194. The minimum absolute atomic E-state index is 0.194. The zero-order valence-corrected chi connectivity index (χ0v) is 8.80. The van der Waals surface area contributed by atoms with E-state index >= 15 is 0 Å². The second kappa shape index (κ2) is 3.08. The fourth-order valence-electron chi connectivity index (χ4n) is 2.34. The van der Waals surface area contributed by atoms with E-state index in [1.807, 2.05) is 0 Å². The first-order chi connectivity index (χ1) is 7.30. The van der Waals surface area contributed by atoms with Crippen molar-refractivity contribution in [2.75, 3.05) is 13.1 Å². The zero-order chi connectivity index (χ0) is 10.3. The lowest BCUT2D eigenvalue weighted by Gasteiger charge is -2.20. The van der Waals surface area contributed by atoms with Gasteiger partial charge in [-0.1, -0.05) is 25.1 Å². The average Bonchev–Trinajstić information content (AvgIpc) is 2.84. The number of hydrazine groups is 1. The van der Waals surface area contributed by atoms with Crippen LogP contribution < -0.4 is 10.9 Å². The van der Waals surface area contributed by atoms with Crippen LogP contribution in [0.4, 0.5) is 0 Å². The van der Waals surface area contributed by atoms with Crippen LogP contribution in [0.15, 0.2) is 30.5 Å². The van der Waals surface area contributed by atoms with Gasteiger partial charge in [-0.25, -0.2) is 0 Å². The summed E-state index contributed by atoms with van der Waals surface area (Å²) >= 11 is 0. The first kappa shape index (κ1) is 8.95. The Kier molecular flexibility index (Phi) is 1.84. The fourth-order valence-corrected chi connectivity index (χ4v) is 2.34. The molecule has 1 aliphatic heterocycles. The SMILES string of the molecule is CC1(c2c[nH]c3ccccc23)CNNC1. The molecule has 1 aliphatic rings. The monoisotopic (exact) mass is 201 g/mol. The number of benzene rings is 1. The van der Waals surface area contributed by atoms with Crippen LogP contribution in [0.25, 0.3) is 10.9 Å². The van der Waals surface area contributed by atoms with Gasteiger partial charge in [0.1, 0.15) is 0 Å². The average molecular weight is 201 g/mol. The van der Waals surface area contributed by atoms with E-state index in [0.29, 0.717) is 0 Å². The lowest BCUT2D eigenvalue weighted by atomic mass is 9.83. The molecule has 3 rings (SSSR count). The van der Waals surface area contributed by atoms with Gasteiger partial charge in [0.25, 0.3) is 0 Å². The van der Waals surface area contributed by atoms with Gasteiger partial charge in [-0.2, -0.15) is 0 Å². The summed E-state index contributed by atoms with van der Waals surface area (Å²) in [7, 11) is 0. The van der Waals surface area contributed by atoms with Crippen molar-refractivity contribution in [1.29, 1.82) is 0 Å². The third kappa shape index (κ3) is 1.28. The van der Waals surface area contributed by atoms with E-state index < -0.39 is 0 Å². The number of nitrogens with one attached hydrogen (secondary N) is 3. The lowest BCUT2D eigenvalue weighted by molar-refractivity contribution is 0.558. The van der Waals surface area contributed by atoms with Crippen LogP contribution in [0.3, 0.4) is 0 Å². The number of hydrogen-bond donors (Lipinski definition) is 3. The van der Waals surface area contributed by atoms with Gasteiger partial charge in [-0.3, -0.25) is 10.9 Å². The Labute approximate surface area is 88.8 Å². The van der Waals surface area contributed by atoms with Crippen LogP contribution >= 0.6 is 0 Å². The van der Waals surface area contributed by atoms with Crippen LogP contribution in [-0.2, 0) is 5.41 Å². The minimum Gasteiger partial charge on any atom is -0.361 e. The maximum atomic E-state index is 3.33. The summed E-state index contributed by atoms with van der Waals surface area (Å²) < 4.78 is 0. The van der Waals surface area contributed by atoms with Crippen LogP contribution in [0, 0.1) is 0 Å². The molecule has 0 aliphatic carbocycles. The number of aromatic nitrogens is 1. The van der Waals surface area contributed by atoms with Gasteiger partial charge in [0.2, 0.25) is 0 Å². The second-order valence-corrected chi connectivity index (χ2v) is 4.52. The Morgan fingerprint density at radius 3 is 2.67 bits per heavy atom. The summed E-state index contributed by atoms with van der Waals surface area (Å²) in [5, 5.41) is 1.34. The molecule has 0 spiro atoms. The maximum absolute atomic E-state index is 3.33. The van der Waals surface area contributed by atoms with Crippen molar-refractivity contribution in [3.05, 3.63) is 36.0 Å². The molecular weight excluding hydrogens is 186 g/mol. The standard InChI is InChI=1S/C12H15N3/c1-12(7-14-15-8-12)10-6-13-11-5-3-2-4-9(10)11/h2-6,13-15H,7-8H2,1H3. The highest BCUT2D eigenvalue weighted by Crippen LogP contribution is 2.31. The van der Waals surface area contributed by atoms with Gasteiger partial charge in [0.15, 0.2) is 0 Å². The Bertz CT molecular complexity index is 480. The number of hydrogen-bond acceptors (Lipinski definition) is 2. The number of aromatic amines is 1. The molecule has 78 valence electrons. The Hall–Kier alpha value is -1.32. The normalized spacial score (nSPS) is 19.8. The van der Waals surface area contributed by atoms with Crippen molar-refractivity contribution < 1.29 is 0 Å². The van der Waals surface area contributed by atoms with Gasteiger partial charge in [-0.05, 0) is 11.6 Å². The summed E-state index contributed by atoms with van der Waals surface area (Å²) in [6, 6.07) is 8.47. The van der Waals surface area contributed by atoms with E-state index in [1.165, 1.54) is 16.5 Å². The molecule has 0 radical (unpaired) electrons. The van der Waals surface area contributed by atoms with E-state index in [-0.39, 0.29) is 5.41 Å². The number of fused-ring (bicyclic) bond motifs is 1. The number of rotatable bonds is 1. The Morgan fingerprint density at radius 1 is 1.13 bits per heavy atom. The zero-order valence-electron chi connectivity index (χ0n) is 8.80. The van der Waals surface area contributed by atoms with Gasteiger partial charge < -0.3 is 4.98 Å². The Morgan fingerprint density at radius 2 is 1.87 bits per heavy atom. The number of H-pyrrole nitrogens is 1. The molecule has 2 heterocycles. The summed E-state index contributed by atoms with van der Waals surface area (Å²) in [5.74, 6) is 0. The molecule has 1 aromatic heterocycles. The lowest BCUT2D eigenvalue weighted by Crippen LogP contribution is -2.27. The van der Waals surface area contributed by atoms with Crippen molar-refractivity contribution in [3.8, 4) is 0 Å². The molecule has 2 aromatic rings. The van der Waals surface area contributed by atoms with E-state index in [1.54, 1.807) is 0 Å². The summed E-state index contributed by atoms with van der Waals surface area (Å²) in [6.07, 6.45) is 2.14. The van der Waals surface area contributed by atoms with E-state index in [4.69, 9.17) is 0 Å². The predicted octanol–water partition coefficient (Wildman–Crippen LogP) is 1.53. The molecule has 3 heteroatoms. The molecule has 0 bridgehead atoms. The second-order valence-electron chi connectivity index (χ2n) is 4.52. The molecule has 1 aromatic carbocycles. The molecule has 1 fully saturated rings. The van der Waals surface area contributed by atoms with Crippen molar-refractivity contribution in [2.24, 2.45) is 0 Å². The molecule has 3 N–H and O–H groups in total. The molecule has 15 heavy (non-hydrogen) atoms. The molecule has 0 atom stereocenters. The summed E-state index contributed by atoms with van der Waals surface area (Å²) in [4.78, 5) is 3.33. The Balaban J connectivity index is 2.18. The summed E-state index contributed by atoms with van der Waals surface area (Å²) in [5.41, 5.74) is 9.22. The van der Waals surface area contributed by atoms with Crippen molar-refractivity contribution >= 4 is 10.9 Å². The van der Waals surface area contributed by atoms with E-state index in [0.717, 1.165) is 13.1 Å². The first-order valence-corrected chi connectivity index (χ1v) is 5.32. The number of para-hydroxylation sites is 1. The fraction of sp³-hybridized carbons (Fsp3) is 0.333. The van der Waals surface area contributed by atoms with Crippen molar-refractivity contribution in [3.63, 3.8) is 0 Å². The van der Waals surface area contributed by atoms with Gasteiger partial charge in [0.05, 0.1) is 0 Å². The van der Waals surface area contributed by atoms with E-state index in [9.17, 15) is 0 Å². The molecule has 3 nitrogen and oxygen atoms in total. The van der Waals surface area contributed by atoms with Crippen molar-refractivity contribution in [2.45, 2.75) is 12.3 Å². The molecule has 0 amide bonds. The topological polar surface area (TPSA) is 39.9 Å². The third-order valence-corrected chi connectivity index (χ3v) is 3.32. The van der Waals surface area contributed by atoms with Gasteiger partial charge in [-0.15, -0.1) is 0 Å². The molecule has 1 saturated heterocycles. The van der Waals surface area contributed by atoms with Crippen molar-refractivity contribution in [1.82, 2.24) is 15.8 Å². The van der Waals surface area contributed by atoms with Crippen LogP contribution in [0.2, 0.25) is 0 Å². The van der Waals surface area contributed by atoms with E-state index in [2.05, 4.69) is 53.2 Å². The molecule has 0 saturated carbocycles. The van der Waals surface area contributed by atoms with Gasteiger partial charge >= 0.3 is 0 Å². The highest BCUT2D eigenvalue weighted by Gasteiger charge is 2.32. The smallest absolute Gasteiger partial charge is 0.0457 e. The highest BCUT2D eigenvalue weighted by molar-refractivity contribution is 5.84. The third-order valence-electron chi connectivity index (χ3n) is 3.32. The quantitative estimate of drug-likeness (QED) is 0.655. The highest BCUT2D eigenvalue weighted by atomic mass is 15.4. The largest absolute Gasteiger partial charge is 0.361 e. The van der Waals surface area contributed by atoms with Gasteiger partial charge in [0, 0.05) is 35.6 Å². The molecular formula is C12H15N3. The summed E-state index contributed by atoms with van der Waals surface area (Å²) in [6.45, 7) is 4.25. The van der Waals surface area contributed by atoms with Crippen LogP contribution in [-0.4, -0.2) is 18.1 Å². The van der Waals surface area contributed by atoms with Crippen LogP contribution in [0.1, 0.15) is 12.5 Å². The van der Waals surface area contributed by atoms with Crippen LogP contribution in [0.5, 0.6) is 0 Å². The predicted molar refractivity (Wildman–Crippen MR) is 61.7 cm³/mol. The maximum Gasteiger partial charge on any atom is 0.0457 e.